The van der Waals surface area contributed by atoms with Gasteiger partial charge >= 0.3 is 5.97 Å². The Hall–Kier alpha value is -0.830. The zero-order valence-corrected chi connectivity index (χ0v) is 8.84. The highest BCUT2D eigenvalue weighted by atomic mass is 16.5. The van der Waals surface area contributed by atoms with E-state index in [0.29, 0.717) is 13.0 Å². The molecule has 0 aromatic rings. The highest BCUT2D eigenvalue weighted by Crippen LogP contribution is 2.32. The maximum Gasteiger partial charge on any atom is 0.313 e. The molecule has 0 aromatic heterocycles. The van der Waals surface area contributed by atoms with Gasteiger partial charge in [-0.15, -0.1) is 6.58 Å². The average molecular weight is 197 g/mol. The zero-order valence-electron chi connectivity index (χ0n) is 8.84. The standard InChI is InChI=1S/C11H19NO2/c1-3-6-11(10(13)14-4-2)7-5-8-12-9-11/h3,12H,1,4-9H2,2H3/t11-/m1/s1. The van der Waals surface area contributed by atoms with Crippen molar-refractivity contribution >= 4 is 5.97 Å². The second kappa shape index (κ2) is 5.15. The minimum atomic E-state index is -0.351. The van der Waals surface area contributed by atoms with Crippen molar-refractivity contribution in [2.45, 2.75) is 26.2 Å². The van der Waals surface area contributed by atoms with Crippen LogP contribution >= 0.6 is 0 Å². The summed E-state index contributed by atoms with van der Waals surface area (Å²) in [5.41, 5.74) is -0.351. The number of esters is 1. The molecule has 3 heteroatoms. The van der Waals surface area contributed by atoms with Crippen LogP contribution in [-0.2, 0) is 9.53 Å². The maximum atomic E-state index is 11.8. The molecule has 0 unspecified atom stereocenters. The van der Waals surface area contributed by atoms with Gasteiger partial charge in [0.25, 0.3) is 0 Å². The maximum absolute atomic E-state index is 11.8. The Bertz CT molecular complexity index is 207. The fraction of sp³-hybridized carbons (Fsp3) is 0.727. The van der Waals surface area contributed by atoms with Gasteiger partial charge in [0.1, 0.15) is 0 Å². The lowest BCUT2D eigenvalue weighted by Gasteiger charge is -2.34. The van der Waals surface area contributed by atoms with Crippen LogP contribution in [-0.4, -0.2) is 25.7 Å². The van der Waals surface area contributed by atoms with Crippen molar-refractivity contribution in [3.8, 4) is 0 Å². The molecule has 1 aliphatic heterocycles. The lowest BCUT2D eigenvalue weighted by atomic mass is 9.78. The van der Waals surface area contributed by atoms with Crippen LogP contribution < -0.4 is 5.32 Å². The Kier molecular flexibility index (Phi) is 4.14. The van der Waals surface area contributed by atoms with Crippen LogP contribution in [0.1, 0.15) is 26.2 Å². The van der Waals surface area contributed by atoms with Crippen molar-refractivity contribution in [1.82, 2.24) is 5.32 Å². The number of rotatable bonds is 4. The second-order valence-corrected chi connectivity index (χ2v) is 3.77. The SMILES string of the molecule is C=CC[C@@]1(C(=O)OCC)CCCNC1. The molecule has 0 aliphatic carbocycles. The first kappa shape index (κ1) is 11.2. The number of allylic oxidation sites excluding steroid dienone is 1. The second-order valence-electron chi connectivity index (χ2n) is 3.77. The fourth-order valence-corrected chi connectivity index (χ4v) is 1.96. The Labute approximate surface area is 85.5 Å². The van der Waals surface area contributed by atoms with Crippen molar-refractivity contribution in [3.63, 3.8) is 0 Å². The predicted octanol–water partition coefficient (Wildman–Crippen LogP) is 1.50. The number of ether oxygens (including phenoxy) is 1. The Morgan fingerprint density at radius 2 is 2.50 bits per heavy atom. The van der Waals surface area contributed by atoms with E-state index in [1.807, 2.05) is 13.0 Å². The third kappa shape index (κ3) is 2.35. The molecule has 0 saturated carbocycles. The fourth-order valence-electron chi connectivity index (χ4n) is 1.96. The van der Waals surface area contributed by atoms with Crippen LogP contribution in [0.4, 0.5) is 0 Å². The van der Waals surface area contributed by atoms with Crippen LogP contribution in [0, 0.1) is 5.41 Å². The molecule has 1 atom stereocenters. The molecule has 1 heterocycles. The summed E-state index contributed by atoms with van der Waals surface area (Å²) in [5, 5.41) is 3.25. The summed E-state index contributed by atoms with van der Waals surface area (Å²) < 4.78 is 5.11. The van der Waals surface area contributed by atoms with Gasteiger partial charge in [-0.3, -0.25) is 4.79 Å². The predicted molar refractivity (Wildman–Crippen MR) is 56.0 cm³/mol. The van der Waals surface area contributed by atoms with Gasteiger partial charge in [-0.05, 0) is 32.7 Å². The minimum Gasteiger partial charge on any atom is -0.466 e. The van der Waals surface area contributed by atoms with Crippen LogP contribution in [0.5, 0.6) is 0 Å². The van der Waals surface area contributed by atoms with Gasteiger partial charge in [0.05, 0.1) is 12.0 Å². The van der Waals surface area contributed by atoms with E-state index < -0.39 is 0 Å². The number of nitrogens with one attached hydrogen (secondary N) is 1. The van der Waals surface area contributed by atoms with Crippen LogP contribution in [0.3, 0.4) is 0 Å². The average Bonchev–Trinajstić information content (AvgIpc) is 2.20. The normalized spacial score (nSPS) is 26.9. The van der Waals surface area contributed by atoms with Gasteiger partial charge in [0, 0.05) is 6.54 Å². The Morgan fingerprint density at radius 1 is 1.71 bits per heavy atom. The van der Waals surface area contributed by atoms with Gasteiger partial charge in [0.15, 0.2) is 0 Å². The largest absolute Gasteiger partial charge is 0.466 e. The minimum absolute atomic E-state index is 0.0768. The number of hydrogen-bond acceptors (Lipinski definition) is 3. The van der Waals surface area contributed by atoms with Crippen molar-refractivity contribution in [3.05, 3.63) is 12.7 Å². The van der Waals surface area contributed by atoms with E-state index in [2.05, 4.69) is 11.9 Å². The van der Waals surface area contributed by atoms with Crippen molar-refractivity contribution < 1.29 is 9.53 Å². The molecule has 1 N–H and O–H groups in total. The van der Waals surface area contributed by atoms with Crippen LogP contribution in [0.15, 0.2) is 12.7 Å². The monoisotopic (exact) mass is 197 g/mol. The third-order valence-corrected chi connectivity index (χ3v) is 2.72. The number of hydrogen-bond donors (Lipinski definition) is 1. The summed E-state index contributed by atoms with van der Waals surface area (Å²) in [6.45, 7) is 7.72. The molecule has 0 amide bonds. The molecule has 0 radical (unpaired) electrons. The van der Waals surface area contributed by atoms with Crippen molar-refractivity contribution in [1.29, 1.82) is 0 Å². The molecule has 0 spiro atoms. The molecule has 1 rings (SSSR count). The quantitative estimate of drug-likeness (QED) is 0.548. The first-order valence-corrected chi connectivity index (χ1v) is 5.24. The first-order chi connectivity index (χ1) is 6.75. The molecule has 1 aliphatic rings. The molecule has 0 bridgehead atoms. The van der Waals surface area contributed by atoms with E-state index >= 15 is 0 Å². The lowest BCUT2D eigenvalue weighted by molar-refractivity contribution is -0.156. The van der Waals surface area contributed by atoms with Gasteiger partial charge in [-0.25, -0.2) is 0 Å². The Morgan fingerprint density at radius 3 is 3.00 bits per heavy atom. The number of piperidine rings is 1. The van der Waals surface area contributed by atoms with Crippen molar-refractivity contribution in [2.24, 2.45) is 5.41 Å². The molecule has 3 nitrogen and oxygen atoms in total. The topological polar surface area (TPSA) is 38.3 Å². The van der Waals surface area contributed by atoms with Gasteiger partial charge in [-0.2, -0.15) is 0 Å². The van der Waals surface area contributed by atoms with E-state index in [0.717, 1.165) is 25.9 Å². The lowest BCUT2D eigenvalue weighted by Crippen LogP contribution is -2.46. The van der Waals surface area contributed by atoms with Gasteiger partial charge < -0.3 is 10.1 Å². The van der Waals surface area contributed by atoms with E-state index in [1.54, 1.807) is 0 Å². The first-order valence-electron chi connectivity index (χ1n) is 5.24. The highest BCUT2D eigenvalue weighted by Gasteiger charge is 2.39. The summed E-state index contributed by atoms with van der Waals surface area (Å²) in [4.78, 5) is 11.8. The molecular formula is C11H19NO2. The smallest absolute Gasteiger partial charge is 0.313 e. The van der Waals surface area contributed by atoms with Gasteiger partial charge in [0.2, 0.25) is 0 Å². The molecular weight excluding hydrogens is 178 g/mol. The molecule has 80 valence electrons. The van der Waals surface area contributed by atoms with Gasteiger partial charge in [-0.1, -0.05) is 6.08 Å². The Balaban J connectivity index is 2.68. The number of carbonyl (C=O) groups excluding carboxylic acids is 1. The third-order valence-electron chi connectivity index (χ3n) is 2.72. The van der Waals surface area contributed by atoms with E-state index in [9.17, 15) is 4.79 Å². The molecule has 0 aromatic carbocycles. The van der Waals surface area contributed by atoms with E-state index in [-0.39, 0.29) is 11.4 Å². The summed E-state index contributed by atoms with van der Waals surface area (Å²) in [6, 6.07) is 0. The van der Waals surface area contributed by atoms with E-state index in [4.69, 9.17) is 4.74 Å². The van der Waals surface area contributed by atoms with Crippen LogP contribution in [0.25, 0.3) is 0 Å². The van der Waals surface area contributed by atoms with Crippen LogP contribution in [0.2, 0.25) is 0 Å². The van der Waals surface area contributed by atoms with Crippen molar-refractivity contribution in [2.75, 3.05) is 19.7 Å². The van der Waals surface area contributed by atoms with E-state index in [1.165, 1.54) is 0 Å². The zero-order chi connectivity index (χ0) is 10.4. The summed E-state index contributed by atoms with van der Waals surface area (Å²) in [6.07, 6.45) is 4.46. The summed E-state index contributed by atoms with van der Waals surface area (Å²) in [7, 11) is 0. The molecule has 1 saturated heterocycles. The molecule has 14 heavy (non-hydrogen) atoms. The summed E-state index contributed by atoms with van der Waals surface area (Å²) >= 11 is 0. The highest BCUT2D eigenvalue weighted by molar-refractivity contribution is 5.77. The summed E-state index contributed by atoms with van der Waals surface area (Å²) in [5.74, 6) is -0.0768. The molecule has 1 fully saturated rings. The number of carbonyl (C=O) groups is 1.